The Kier molecular flexibility index (Phi) is 4.86. The molecule has 1 aliphatic rings. The normalized spacial score (nSPS) is 19.1. The quantitative estimate of drug-likeness (QED) is 0.877. The Morgan fingerprint density at radius 3 is 2.75 bits per heavy atom. The van der Waals surface area contributed by atoms with E-state index in [1.54, 1.807) is 0 Å². The highest BCUT2D eigenvalue weighted by Gasteiger charge is 2.30. The van der Waals surface area contributed by atoms with Gasteiger partial charge in [0.2, 0.25) is 0 Å². The molecule has 2 heterocycles. The summed E-state index contributed by atoms with van der Waals surface area (Å²) in [7, 11) is -3.47. The molecule has 1 N–H and O–H groups in total. The molecule has 114 valence electrons. The van der Waals surface area contributed by atoms with Crippen molar-refractivity contribution in [3.63, 3.8) is 0 Å². The zero-order chi connectivity index (χ0) is 14.8. The third-order valence-corrected chi connectivity index (χ3v) is 5.21. The number of nitrogens with one attached hydrogen (secondary N) is 1. The second kappa shape index (κ2) is 6.26. The minimum absolute atomic E-state index is 0.265. The molecule has 1 atom stereocenters. The molecule has 20 heavy (non-hydrogen) atoms. The van der Waals surface area contributed by atoms with Crippen LogP contribution < -0.4 is 4.72 Å². The Bertz CT molecular complexity index is 563. The lowest BCUT2D eigenvalue weighted by Crippen LogP contribution is -2.26. The number of aryl methyl sites for hydroxylation is 1. The molecule has 1 aromatic rings. The van der Waals surface area contributed by atoms with Crippen molar-refractivity contribution >= 4 is 10.0 Å². The third kappa shape index (κ3) is 2.91. The Morgan fingerprint density at radius 2 is 2.10 bits per heavy atom. The highest BCUT2D eigenvalue weighted by atomic mass is 32.2. The van der Waals surface area contributed by atoms with Crippen molar-refractivity contribution < 1.29 is 8.42 Å². The fourth-order valence-electron chi connectivity index (χ4n) is 2.86. The zero-order valence-corrected chi connectivity index (χ0v) is 13.5. The van der Waals surface area contributed by atoms with Gasteiger partial charge in [0.15, 0.2) is 5.03 Å². The number of fused-ring (bicyclic) bond motifs is 1. The highest BCUT2D eigenvalue weighted by molar-refractivity contribution is 7.89. The van der Waals surface area contributed by atoms with E-state index >= 15 is 0 Å². The highest BCUT2D eigenvalue weighted by Crippen LogP contribution is 2.31. The monoisotopic (exact) mass is 299 g/mol. The maximum atomic E-state index is 12.4. The van der Waals surface area contributed by atoms with Crippen molar-refractivity contribution in [2.45, 2.75) is 70.4 Å². The Labute approximate surface area is 121 Å². The van der Waals surface area contributed by atoms with E-state index in [1.807, 2.05) is 6.92 Å². The summed E-state index contributed by atoms with van der Waals surface area (Å²) in [5.41, 5.74) is 0.899. The lowest BCUT2D eigenvalue weighted by atomic mass is 10.0. The number of aromatic nitrogens is 2. The molecule has 5 nitrogen and oxygen atoms in total. The van der Waals surface area contributed by atoms with Gasteiger partial charge in [-0.3, -0.25) is 0 Å². The van der Waals surface area contributed by atoms with Crippen LogP contribution in [0.2, 0.25) is 0 Å². The smallest absolute Gasteiger partial charge is 0.259 e. The maximum Gasteiger partial charge on any atom is 0.259 e. The molecule has 0 aliphatic carbocycles. The fraction of sp³-hybridized carbons (Fsp3) is 0.786. The predicted octanol–water partition coefficient (Wildman–Crippen LogP) is 2.42. The minimum Gasteiger partial charge on any atom is -0.328 e. The molecule has 0 radical (unpaired) electrons. The SMILES string of the molecule is CCCNS(=O)(=O)c1nc(CCC)n2c1CCCC2C. The summed E-state index contributed by atoms with van der Waals surface area (Å²) >= 11 is 0. The Hall–Kier alpha value is -0.880. The molecule has 0 fully saturated rings. The van der Waals surface area contributed by atoms with Crippen molar-refractivity contribution in [1.29, 1.82) is 0 Å². The van der Waals surface area contributed by atoms with E-state index in [4.69, 9.17) is 0 Å². The van der Waals surface area contributed by atoms with Gasteiger partial charge in [-0.15, -0.1) is 0 Å². The van der Waals surface area contributed by atoms with E-state index in [0.717, 1.165) is 50.0 Å². The van der Waals surface area contributed by atoms with E-state index in [1.165, 1.54) is 0 Å². The minimum atomic E-state index is -3.47. The molecule has 0 saturated heterocycles. The second-order valence-corrected chi connectivity index (χ2v) is 7.22. The van der Waals surface area contributed by atoms with E-state index in [2.05, 4.69) is 28.1 Å². The number of rotatable bonds is 6. The first-order valence-electron chi connectivity index (χ1n) is 7.60. The predicted molar refractivity (Wildman–Crippen MR) is 79.4 cm³/mol. The molecule has 0 aromatic carbocycles. The van der Waals surface area contributed by atoms with Gasteiger partial charge in [-0.25, -0.2) is 18.1 Å². The van der Waals surface area contributed by atoms with Crippen molar-refractivity contribution in [3.05, 3.63) is 11.5 Å². The molecule has 0 amide bonds. The molecule has 1 unspecified atom stereocenters. The van der Waals surface area contributed by atoms with Crippen LogP contribution in [0.3, 0.4) is 0 Å². The molecule has 0 saturated carbocycles. The van der Waals surface area contributed by atoms with Gasteiger partial charge in [-0.1, -0.05) is 13.8 Å². The van der Waals surface area contributed by atoms with Gasteiger partial charge in [-0.05, 0) is 39.0 Å². The summed E-state index contributed by atoms with van der Waals surface area (Å²) in [6.45, 7) is 6.67. The topological polar surface area (TPSA) is 64.0 Å². The fourth-order valence-corrected chi connectivity index (χ4v) is 4.20. The summed E-state index contributed by atoms with van der Waals surface area (Å²) in [4.78, 5) is 4.47. The van der Waals surface area contributed by atoms with Crippen molar-refractivity contribution in [1.82, 2.24) is 14.3 Å². The average Bonchev–Trinajstić information content (AvgIpc) is 2.78. The Balaban J connectivity index is 2.46. The second-order valence-electron chi connectivity index (χ2n) is 5.54. The summed E-state index contributed by atoms with van der Waals surface area (Å²) < 4.78 is 29.6. The molecular formula is C14H25N3O2S. The Morgan fingerprint density at radius 1 is 1.35 bits per heavy atom. The standard InChI is InChI=1S/C14H25N3O2S/c1-4-7-13-16-14(20(18,19)15-10-5-2)12-9-6-8-11(3)17(12)13/h11,15H,4-10H2,1-3H3. The van der Waals surface area contributed by atoms with Crippen LogP contribution in [0, 0.1) is 0 Å². The third-order valence-electron chi connectivity index (χ3n) is 3.79. The van der Waals surface area contributed by atoms with Gasteiger partial charge >= 0.3 is 0 Å². The lowest BCUT2D eigenvalue weighted by Gasteiger charge is -2.24. The molecule has 0 bridgehead atoms. The zero-order valence-electron chi connectivity index (χ0n) is 12.6. The summed E-state index contributed by atoms with van der Waals surface area (Å²) in [5, 5.41) is 0.265. The van der Waals surface area contributed by atoms with Crippen LogP contribution in [-0.2, 0) is 22.9 Å². The molecule has 0 spiro atoms. The van der Waals surface area contributed by atoms with Crippen LogP contribution in [0.1, 0.15) is 64.0 Å². The van der Waals surface area contributed by atoms with Gasteiger partial charge < -0.3 is 4.57 Å². The number of hydrogen-bond acceptors (Lipinski definition) is 3. The van der Waals surface area contributed by atoms with Crippen LogP contribution in [-0.4, -0.2) is 24.5 Å². The number of nitrogens with zero attached hydrogens (tertiary/aromatic N) is 2. The molecule has 1 aromatic heterocycles. The average molecular weight is 299 g/mol. The molecule has 6 heteroatoms. The summed E-state index contributed by atoms with van der Waals surface area (Å²) in [6, 6.07) is 0.350. The van der Waals surface area contributed by atoms with Crippen LogP contribution in [0.4, 0.5) is 0 Å². The van der Waals surface area contributed by atoms with Crippen LogP contribution in [0.5, 0.6) is 0 Å². The first kappa shape index (κ1) is 15.5. The van der Waals surface area contributed by atoms with E-state index in [9.17, 15) is 8.42 Å². The van der Waals surface area contributed by atoms with E-state index in [0.29, 0.717) is 12.6 Å². The molecule has 1 aliphatic heterocycles. The number of imidazole rings is 1. The summed E-state index contributed by atoms with van der Waals surface area (Å²) in [6.07, 6.45) is 5.54. The van der Waals surface area contributed by atoms with Crippen molar-refractivity contribution in [2.75, 3.05) is 6.54 Å². The lowest BCUT2D eigenvalue weighted by molar-refractivity contribution is 0.414. The molecular weight excluding hydrogens is 274 g/mol. The molecule has 2 rings (SSSR count). The van der Waals surface area contributed by atoms with E-state index < -0.39 is 10.0 Å². The van der Waals surface area contributed by atoms with Gasteiger partial charge in [0.1, 0.15) is 5.82 Å². The van der Waals surface area contributed by atoms with Gasteiger partial charge in [0, 0.05) is 19.0 Å². The van der Waals surface area contributed by atoms with Gasteiger partial charge in [0.05, 0.1) is 5.69 Å². The van der Waals surface area contributed by atoms with Gasteiger partial charge in [0.25, 0.3) is 10.0 Å². The largest absolute Gasteiger partial charge is 0.328 e. The first-order chi connectivity index (χ1) is 9.51. The maximum absolute atomic E-state index is 12.4. The van der Waals surface area contributed by atoms with E-state index in [-0.39, 0.29) is 5.03 Å². The van der Waals surface area contributed by atoms with Gasteiger partial charge in [-0.2, -0.15) is 0 Å². The number of sulfonamides is 1. The van der Waals surface area contributed by atoms with Crippen LogP contribution in [0.15, 0.2) is 5.03 Å². The first-order valence-corrected chi connectivity index (χ1v) is 9.09. The van der Waals surface area contributed by atoms with Crippen molar-refractivity contribution in [2.24, 2.45) is 0 Å². The van der Waals surface area contributed by atoms with Crippen molar-refractivity contribution in [3.8, 4) is 0 Å². The summed E-state index contributed by atoms with van der Waals surface area (Å²) in [5.74, 6) is 0.923. The number of hydrogen-bond donors (Lipinski definition) is 1. The van der Waals surface area contributed by atoms with Crippen LogP contribution in [0.25, 0.3) is 0 Å². The van der Waals surface area contributed by atoms with Crippen LogP contribution >= 0.6 is 0 Å².